The summed E-state index contributed by atoms with van der Waals surface area (Å²) in [6.07, 6.45) is 1.76. The van der Waals surface area contributed by atoms with Crippen molar-refractivity contribution in [1.29, 1.82) is 0 Å². The first kappa shape index (κ1) is 27.2. The summed E-state index contributed by atoms with van der Waals surface area (Å²) in [5.74, 6) is 0.870. The third-order valence-electron chi connectivity index (χ3n) is 5.88. The highest BCUT2D eigenvalue weighted by Gasteiger charge is 2.31. The Bertz CT molecular complexity index is 1680. The standard InChI is InChI=1S/C25H24F3N11O2/c1-29-21(40)14-39-13-16(11-32-39)33-23-30-9-8-20(36-23)37(2)17-10-19-22(31-12-17)38(3)24(35-19)34-15-4-6-18(7-5-15)41-25(26,27)28/h4-13H,14H2,1-3H3,(H,29,40)(H,34,35)(H,30,33,36). The van der Waals surface area contributed by atoms with Gasteiger partial charge in [0, 0.05) is 39.2 Å². The minimum Gasteiger partial charge on any atom is -0.406 e. The Kier molecular flexibility index (Phi) is 7.28. The lowest BCUT2D eigenvalue weighted by Crippen LogP contribution is -2.23. The van der Waals surface area contributed by atoms with Crippen molar-refractivity contribution in [3.05, 3.63) is 61.2 Å². The van der Waals surface area contributed by atoms with Gasteiger partial charge in [-0.05, 0) is 36.4 Å². The molecule has 4 heterocycles. The van der Waals surface area contributed by atoms with Crippen LogP contribution in [0.15, 0.2) is 61.2 Å². The molecule has 13 nitrogen and oxygen atoms in total. The normalized spacial score (nSPS) is 11.4. The Labute approximate surface area is 231 Å². The number of fused-ring (bicyclic) bond motifs is 1. The van der Waals surface area contributed by atoms with E-state index in [0.717, 1.165) is 0 Å². The van der Waals surface area contributed by atoms with E-state index in [1.807, 2.05) is 18.0 Å². The van der Waals surface area contributed by atoms with E-state index in [4.69, 9.17) is 0 Å². The molecule has 5 aromatic rings. The Morgan fingerprint density at radius 1 is 1.05 bits per heavy atom. The number of ether oxygens (including phenoxy) is 1. The number of benzene rings is 1. The Morgan fingerprint density at radius 2 is 1.83 bits per heavy atom. The predicted octanol–water partition coefficient (Wildman–Crippen LogP) is 3.85. The molecule has 41 heavy (non-hydrogen) atoms. The van der Waals surface area contributed by atoms with Crippen molar-refractivity contribution in [2.24, 2.45) is 7.05 Å². The van der Waals surface area contributed by atoms with Crippen LogP contribution in [-0.2, 0) is 18.4 Å². The summed E-state index contributed by atoms with van der Waals surface area (Å²) in [5.41, 5.74) is 3.04. The molecule has 212 valence electrons. The molecule has 0 spiro atoms. The van der Waals surface area contributed by atoms with E-state index in [2.05, 4.69) is 45.7 Å². The number of likely N-dealkylation sites (N-methyl/N-ethyl adjacent to an activating group) is 1. The fourth-order valence-corrected chi connectivity index (χ4v) is 3.83. The van der Waals surface area contributed by atoms with Crippen molar-refractivity contribution in [2.45, 2.75) is 12.9 Å². The number of anilines is 6. The van der Waals surface area contributed by atoms with Gasteiger partial charge in [0.1, 0.15) is 23.6 Å². The minimum absolute atomic E-state index is 0.0885. The van der Waals surface area contributed by atoms with Crippen LogP contribution in [0.2, 0.25) is 0 Å². The number of imidazole rings is 1. The number of carbonyl (C=O) groups is 1. The quantitative estimate of drug-likeness (QED) is 0.241. The van der Waals surface area contributed by atoms with E-state index in [9.17, 15) is 18.0 Å². The van der Waals surface area contributed by atoms with Crippen LogP contribution in [0.25, 0.3) is 11.2 Å². The van der Waals surface area contributed by atoms with Gasteiger partial charge < -0.3 is 25.6 Å². The van der Waals surface area contributed by atoms with E-state index in [1.165, 1.54) is 28.9 Å². The number of nitrogens with zero attached hydrogens (tertiary/aromatic N) is 8. The van der Waals surface area contributed by atoms with Crippen molar-refractivity contribution in [2.75, 3.05) is 29.6 Å². The molecule has 0 bridgehead atoms. The number of alkyl halides is 3. The average Bonchev–Trinajstić information content (AvgIpc) is 3.51. The number of hydrogen-bond donors (Lipinski definition) is 3. The molecule has 1 aromatic carbocycles. The van der Waals surface area contributed by atoms with E-state index in [-0.39, 0.29) is 18.2 Å². The number of hydrogen-bond acceptors (Lipinski definition) is 10. The zero-order valence-corrected chi connectivity index (χ0v) is 22.0. The Morgan fingerprint density at radius 3 is 2.56 bits per heavy atom. The van der Waals surface area contributed by atoms with Crippen LogP contribution < -0.4 is 25.6 Å². The lowest BCUT2D eigenvalue weighted by Gasteiger charge is -2.18. The van der Waals surface area contributed by atoms with Crippen LogP contribution in [-0.4, -0.2) is 60.6 Å². The van der Waals surface area contributed by atoms with Gasteiger partial charge in [0.05, 0.1) is 23.8 Å². The molecular formula is C25H24F3N11O2. The summed E-state index contributed by atoms with van der Waals surface area (Å²) in [6, 6.07) is 8.92. The molecule has 0 saturated heterocycles. The molecule has 16 heteroatoms. The summed E-state index contributed by atoms with van der Waals surface area (Å²) >= 11 is 0. The molecule has 1 amide bonds. The van der Waals surface area contributed by atoms with Crippen molar-refractivity contribution >= 4 is 51.8 Å². The number of carbonyl (C=O) groups excluding carboxylic acids is 1. The van der Waals surface area contributed by atoms with Gasteiger partial charge in [-0.15, -0.1) is 13.2 Å². The largest absolute Gasteiger partial charge is 0.573 e. The Balaban J connectivity index is 1.30. The fraction of sp³-hybridized carbons (Fsp3) is 0.200. The lowest BCUT2D eigenvalue weighted by molar-refractivity contribution is -0.274. The van der Waals surface area contributed by atoms with E-state index in [1.54, 1.807) is 49.5 Å². The molecular weight excluding hydrogens is 543 g/mol. The summed E-state index contributed by atoms with van der Waals surface area (Å²) in [5, 5.41) is 12.8. The summed E-state index contributed by atoms with van der Waals surface area (Å²) in [6.45, 7) is 0.0885. The van der Waals surface area contributed by atoms with Crippen LogP contribution >= 0.6 is 0 Å². The van der Waals surface area contributed by atoms with Gasteiger partial charge in [-0.25, -0.2) is 15.0 Å². The zero-order valence-electron chi connectivity index (χ0n) is 22.0. The topological polar surface area (TPSA) is 140 Å². The van der Waals surface area contributed by atoms with Gasteiger partial charge in [0.2, 0.25) is 17.8 Å². The summed E-state index contributed by atoms with van der Waals surface area (Å²) in [4.78, 5) is 31.3. The SMILES string of the molecule is CNC(=O)Cn1cc(Nc2nccc(N(C)c3cnc4c(c3)nc(Nc3ccc(OC(F)(F)F)cc3)n4C)n2)cn1. The van der Waals surface area contributed by atoms with Crippen LogP contribution in [0, 0.1) is 0 Å². The molecule has 4 aromatic heterocycles. The highest BCUT2D eigenvalue weighted by atomic mass is 19.4. The van der Waals surface area contributed by atoms with Gasteiger partial charge in [0.25, 0.3) is 0 Å². The first-order valence-electron chi connectivity index (χ1n) is 12.1. The maximum absolute atomic E-state index is 12.4. The molecule has 0 aliphatic heterocycles. The van der Waals surface area contributed by atoms with Crippen LogP contribution in [0.3, 0.4) is 0 Å². The van der Waals surface area contributed by atoms with E-state index >= 15 is 0 Å². The molecule has 0 aliphatic carbocycles. The maximum atomic E-state index is 12.4. The van der Waals surface area contributed by atoms with Gasteiger partial charge in [-0.2, -0.15) is 10.1 Å². The molecule has 0 fully saturated rings. The van der Waals surface area contributed by atoms with Gasteiger partial charge >= 0.3 is 6.36 Å². The first-order valence-corrected chi connectivity index (χ1v) is 12.1. The third kappa shape index (κ3) is 6.43. The number of pyridine rings is 1. The lowest BCUT2D eigenvalue weighted by atomic mass is 10.3. The average molecular weight is 568 g/mol. The van der Waals surface area contributed by atoms with Crippen molar-refractivity contribution in [1.82, 2.24) is 39.6 Å². The number of rotatable bonds is 9. The van der Waals surface area contributed by atoms with Crippen molar-refractivity contribution < 1.29 is 22.7 Å². The van der Waals surface area contributed by atoms with Crippen molar-refractivity contribution in [3.8, 4) is 5.75 Å². The second-order valence-electron chi connectivity index (χ2n) is 8.75. The minimum atomic E-state index is -4.76. The van der Waals surface area contributed by atoms with Crippen LogP contribution in [0.5, 0.6) is 5.75 Å². The summed E-state index contributed by atoms with van der Waals surface area (Å²) < 4.78 is 44.4. The van der Waals surface area contributed by atoms with E-state index < -0.39 is 6.36 Å². The van der Waals surface area contributed by atoms with E-state index in [0.29, 0.717) is 45.9 Å². The molecule has 0 radical (unpaired) electrons. The smallest absolute Gasteiger partial charge is 0.406 e. The van der Waals surface area contributed by atoms with Gasteiger partial charge in [0.15, 0.2) is 5.65 Å². The Hall–Kier alpha value is -5.41. The predicted molar refractivity (Wildman–Crippen MR) is 145 cm³/mol. The number of aromatic nitrogens is 7. The number of amides is 1. The van der Waals surface area contributed by atoms with Crippen LogP contribution in [0.1, 0.15) is 0 Å². The third-order valence-corrected chi connectivity index (χ3v) is 5.88. The molecule has 0 unspecified atom stereocenters. The molecule has 3 N–H and O–H groups in total. The molecule has 0 saturated carbocycles. The first-order chi connectivity index (χ1) is 19.6. The van der Waals surface area contributed by atoms with Gasteiger partial charge in [-0.3, -0.25) is 14.0 Å². The van der Waals surface area contributed by atoms with Crippen LogP contribution in [0.4, 0.5) is 47.9 Å². The number of aryl methyl sites for hydroxylation is 1. The fourth-order valence-electron chi connectivity index (χ4n) is 3.83. The second kappa shape index (κ2) is 11.0. The second-order valence-corrected chi connectivity index (χ2v) is 8.75. The van der Waals surface area contributed by atoms with Gasteiger partial charge in [-0.1, -0.05) is 0 Å². The zero-order chi connectivity index (χ0) is 29.1. The van der Waals surface area contributed by atoms with Crippen molar-refractivity contribution in [3.63, 3.8) is 0 Å². The molecule has 0 aliphatic rings. The maximum Gasteiger partial charge on any atom is 0.573 e. The monoisotopic (exact) mass is 567 g/mol. The highest BCUT2D eigenvalue weighted by Crippen LogP contribution is 2.29. The molecule has 0 atom stereocenters. The summed E-state index contributed by atoms with van der Waals surface area (Å²) in [7, 11) is 5.15. The molecule has 5 rings (SSSR count). The number of halogens is 3. The number of nitrogens with one attached hydrogen (secondary N) is 3. The highest BCUT2D eigenvalue weighted by molar-refractivity contribution is 5.80.